The van der Waals surface area contributed by atoms with Crippen molar-refractivity contribution in [1.82, 2.24) is 15.2 Å². The number of nitrogens with one attached hydrogen (secondary N) is 1. The first kappa shape index (κ1) is 28.4. The molecule has 2 saturated heterocycles. The molecule has 210 valence electrons. The summed E-state index contributed by atoms with van der Waals surface area (Å²) < 4.78 is 31.7. The van der Waals surface area contributed by atoms with Gasteiger partial charge in [0.2, 0.25) is 11.8 Å². The van der Waals surface area contributed by atoms with Crippen LogP contribution in [-0.4, -0.2) is 71.7 Å². The predicted octanol–water partition coefficient (Wildman–Crippen LogP) is 3.53. The Balaban J connectivity index is 0.000000448. The van der Waals surface area contributed by atoms with Gasteiger partial charge in [0.1, 0.15) is 5.82 Å². The minimum Gasteiger partial charge on any atom is -0.475 e. The van der Waals surface area contributed by atoms with Crippen LogP contribution in [0.1, 0.15) is 31.2 Å². The summed E-state index contributed by atoms with van der Waals surface area (Å²) in [5, 5.41) is 10.4. The van der Waals surface area contributed by atoms with Gasteiger partial charge in [0.15, 0.2) is 0 Å². The monoisotopic (exact) mass is 546 g/mol. The molecule has 3 aliphatic rings. The molecule has 2 aromatic rings. The fourth-order valence-corrected chi connectivity index (χ4v) is 5.36. The van der Waals surface area contributed by atoms with Gasteiger partial charge in [-0.2, -0.15) is 13.2 Å². The Morgan fingerprint density at radius 2 is 1.74 bits per heavy atom. The van der Waals surface area contributed by atoms with Gasteiger partial charge in [-0.15, -0.1) is 0 Å². The van der Waals surface area contributed by atoms with Gasteiger partial charge in [-0.25, -0.2) is 9.78 Å². The second-order valence-electron chi connectivity index (χ2n) is 10.5. The average molecular weight is 547 g/mol. The maximum Gasteiger partial charge on any atom is 0.490 e. The first-order valence-electron chi connectivity index (χ1n) is 13.1. The molecule has 2 N–H and O–H groups in total. The number of benzene rings is 1. The van der Waals surface area contributed by atoms with E-state index in [4.69, 9.17) is 9.90 Å². The van der Waals surface area contributed by atoms with Gasteiger partial charge in [0.25, 0.3) is 0 Å². The van der Waals surface area contributed by atoms with Crippen molar-refractivity contribution in [2.45, 2.75) is 38.3 Å². The van der Waals surface area contributed by atoms with Gasteiger partial charge in [-0.1, -0.05) is 36.4 Å². The smallest absolute Gasteiger partial charge is 0.475 e. The number of pyridine rings is 1. The molecule has 39 heavy (non-hydrogen) atoms. The Bertz CT molecular complexity index is 1140. The molecular weight excluding hydrogens is 513 g/mol. The normalized spacial score (nSPS) is 22.7. The highest BCUT2D eigenvalue weighted by Crippen LogP contribution is 2.44. The van der Waals surface area contributed by atoms with Crippen LogP contribution in [0.5, 0.6) is 0 Å². The molecule has 1 saturated carbocycles. The summed E-state index contributed by atoms with van der Waals surface area (Å²) in [5.41, 5.74) is 0.575. The lowest BCUT2D eigenvalue weighted by Crippen LogP contribution is -2.48. The lowest BCUT2D eigenvalue weighted by Gasteiger charge is -2.32. The number of carbonyl (C=O) groups excluding carboxylic acids is 2. The zero-order chi connectivity index (χ0) is 28.0. The van der Waals surface area contributed by atoms with Gasteiger partial charge in [-0.3, -0.25) is 9.59 Å². The molecule has 2 aliphatic heterocycles. The first-order valence-corrected chi connectivity index (χ1v) is 13.1. The molecule has 1 aromatic heterocycles. The topological polar surface area (TPSA) is 103 Å². The molecular formula is C28H33F3N4O4. The van der Waals surface area contributed by atoms with Crippen molar-refractivity contribution in [2.24, 2.45) is 17.3 Å². The zero-order valence-corrected chi connectivity index (χ0v) is 21.6. The van der Waals surface area contributed by atoms with Crippen LogP contribution in [0.2, 0.25) is 0 Å². The third kappa shape index (κ3) is 7.27. The minimum atomic E-state index is -5.08. The van der Waals surface area contributed by atoms with Crippen molar-refractivity contribution in [1.29, 1.82) is 0 Å². The molecule has 0 unspecified atom stereocenters. The third-order valence-electron chi connectivity index (χ3n) is 7.65. The predicted molar refractivity (Wildman–Crippen MR) is 138 cm³/mol. The van der Waals surface area contributed by atoms with Crippen molar-refractivity contribution >= 4 is 23.6 Å². The number of carboxylic acid groups (broad SMARTS) is 1. The van der Waals surface area contributed by atoms with E-state index in [1.54, 1.807) is 6.20 Å². The Hall–Kier alpha value is -3.63. The number of fused-ring (bicyclic) bond motifs is 1. The average Bonchev–Trinajstić information content (AvgIpc) is 3.70. The summed E-state index contributed by atoms with van der Waals surface area (Å²) in [6, 6.07) is 15.8. The third-order valence-corrected chi connectivity index (χ3v) is 7.65. The fourth-order valence-electron chi connectivity index (χ4n) is 5.36. The molecule has 1 aromatic carbocycles. The second-order valence-corrected chi connectivity index (χ2v) is 10.5. The van der Waals surface area contributed by atoms with Crippen LogP contribution in [0.15, 0.2) is 54.7 Å². The number of likely N-dealkylation sites (tertiary alicyclic amines) is 1. The van der Waals surface area contributed by atoms with E-state index in [2.05, 4.69) is 15.2 Å². The van der Waals surface area contributed by atoms with Crippen LogP contribution < -0.4 is 10.2 Å². The van der Waals surface area contributed by atoms with Crippen LogP contribution in [0.25, 0.3) is 0 Å². The maximum atomic E-state index is 13.6. The van der Waals surface area contributed by atoms with Gasteiger partial charge in [-0.05, 0) is 49.3 Å². The molecule has 11 heteroatoms. The summed E-state index contributed by atoms with van der Waals surface area (Å²) in [6.45, 7) is 3.57. The molecule has 1 aliphatic carbocycles. The van der Waals surface area contributed by atoms with E-state index in [0.29, 0.717) is 25.4 Å². The van der Waals surface area contributed by atoms with E-state index >= 15 is 0 Å². The number of carboxylic acids is 1. The van der Waals surface area contributed by atoms with Gasteiger partial charge < -0.3 is 20.2 Å². The highest BCUT2D eigenvalue weighted by atomic mass is 19.4. The maximum absolute atomic E-state index is 13.6. The minimum absolute atomic E-state index is 0.103. The molecule has 2 atom stereocenters. The van der Waals surface area contributed by atoms with Gasteiger partial charge in [0, 0.05) is 44.8 Å². The van der Waals surface area contributed by atoms with Crippen LogP contribution in [0, 0.1) is 17.3 Å². The van der Waals surface area contributed by atoms with E-state index in [1.165, 1.54) is 12.8 Å². The lowest BCUT2D eigenvalue weighted by molar-refractivity contribution is -0.192. The number of hydrogen-bond acceptors (Lipinski definition) is 5. The number of rotatable bonds is 6. The van der Waals surface area contributed by atoms with Gasteiger partial charge >= 0.3 is 12.1 Å². The fraction of sp³-hybridized carbons (Fsp3) is 0.500. The Morgan fingerprint density at radius 1 is 1.05 bits per heavy atom. The molecule has 3 fully saturated rings. The first-order chi connectivity index (χ1) is 18.6. The molecule has 3 heterocycles. The standard InChI is InChI=1S/C26H32N4O2.C2HF3O2/c31-24(15-20-7-2-1-3-8-20)29-14-6-12-26(25(32)28-16-21-10-11-21)19-30(18-22(26)17-29)23-9-4-5-13-27-23;3-2(4,5)1(6)7/h1-5,7-9,13,21-22H,6,10-12,14-19H2,(H,28,32);(H,6,7)/t22-,26-;/m0./s1. The number of halogens is 3. The highest BCUT2D eigenvalue weighted by Gasteiger charge is 2.53. The Labute approximate surface area is 225 Å². The summed E-state index contributed by atoms with van der Waals surface area (Å²) in [7, 11) is 0. The van der Waals surface area contributed by atoms with E-state index < -0.39 is 17.6 Å². The molecule has 8 nitrogen and oxygen atoms in total. The summed E-state index contributed by atoms with van der Waals surface area (Å²) >= 11 is 0. The second kappa shape index (κ2) is 12.0. The van der Waals surface area contributed by atoms with Crippen LogP contribution in [0.4, 0.5) is 19.0 Å². The van der Waals surface area contributed by atoms with E-state index in [9.17, 15) is 22.8 Å². The van der Waals surface area contributed by atoms with Crippen molar-refractivity contribution in [2.75, 3.05) is 37.6 Å². The number of carbonyl (C=O) groups is 3. The number of aromatic nitrogens is 1. The Kier molecular flexibility index (Phi) is 8.76. The molecule has 0 radical (unpaired) electrons. The van der Waals surface area contributed by atoms with Gasteiger partial charge in [0.05, 0.1) is 11.8 Å². The molecule has 0 bridgehead atoms. The van der Waals surface area contributed by atoms with E-state index in [-0.39, 0.29) is 17.7 Å². The molecule has 2 amide bonds. The van der Waals surface area contributed by atoms with Crippen molar-refractivity contribution in [3.63, 3.8) is 0 Å². The Morgan fingerprint density at radius 3 is 2.36 bits per heavy atom. The van der Waals surface area contributed by atoms with Crippen molar-refractivity contribution in [3.05, 3.63) is 60.3 Å². The number of anilines is 1. The summed E-state index contributed by atoms with van der Waals surface area (Å²) in [5.74, 6) is -0.765. The van der Waals surface area contributed by atoms with E-state index in [1.807, 2.05) is 53.4 Å². The highest BCUT2D eigenvalue weighted by molar-refractivity contribution is 5.85. The van der Waals surface area contributed by atoms with Crippen LogP contribution >= 0.6 is 0 Å². The summed E-state index contributed by atoms with van der Waals surface area (Å²) in [6.07, 6.45) is 1.24. The number of aliphatic carboxylic acids is 1. The van der Waals surface area contributed by atoms with Crippen molar-refractivity contribution < 1.29 is 32.7 Å². The largest absolute Gasteiger partial charge is 0.490 e. The number of nitrogens with zero attached hydrogens (tertiary/aromatic N) is 3. The van der Waals surface area contributed by atoms with Crippen LogP contribution in [-0.2, 0) is 20.8 Å². The van der Waals surface area contributed by atoms with Crippen LogP contribution in [0.3, 0.4) is 0 Å². The zero-order valence-electron chi connectivity index (χ0n) is 21.6. The van der Waals surface area contributed by atoms with E-state index in [0.717, 1.165) is 43.9 Å². The lowest BCUT2D eigenvalue weighted by atomic mass is 9.74. The quantitative estimate of drug-likeness (QED) is 0.575. The number of amides is 2. The molecule has 0 spiro atoms. The number of alkyl halides is 3. The molecule has 5 rings (SSSR count). The SMILES string of the molecule is O=C(Cc1ccccc1)N1CCC[C@]2(C(=O)NCC3CC3)CN(c3ccccn3)C[C@@H]2C1.O=C(O)C(F)(F)F. The number of hydrogen-bond donors (Lipinski definition) is 2. The summed E-state index contributed by atoms with van der Waals surface area (Å²) in [4.78, 5) is 44.4. The van der Waals surface area contributed by atoms with Crippen molar-refractivity contribution in [3.8, 4) is 0 Å².